The summed E-state index contributed by atoms with van der Waals surface area (Å²) in [6.07, 6.45) is 7.70. The molecular formula is C47H68N10O14. The predicted octanol–water partition coefficient (Wildman–Crippen LogP) is 0.376. The number of rotatable bonds is 28. The first-order valence-corrected chi connectivity index (χ1v) is 23.6. The molecule has 4 rings (SSSR count). The van der Waals surface area contributed by atoms with Crippen LogP contribution in [-0.2, 0) is 60.8 Å². The highest BCUT2D eigenvalue weighted by Crippen LogP contribution is 2.22. The first-order valence-electron chi connectivity index (χ1n) is 23.6. The number of nitrogens with zero attached hydrogens (tertiary/aromatic N) is 2. The lowest BCUT2D eigenvalue weighted by Gasteiger charge is -2.31. The molecule has 2 aromatic heterocycles. The molecule has 7 amide bonds. The number of carboxylic acid groups (broad SMARTS) is 2. The Hall–Kier alpha value is -7.21. The smallest absolute Gasteiger partial charge is 0.305 e. The third kappa shape index (κ3) is 19.2. The summed E-state index contributed by atoms with van der Waals surface area (Å²) in [6, 6.07) is 1.08. The molecule has 390 valence electrons. The number of hydrogen-bond acceptors (Lipinski definition) is 13. The number of amides is 7. The molecule has 71 heavy (non-hydrogen) atoms. The molecule has 1 aliphatic heterocycles. The molecule has 24 heteroatoms. The molecule has 1 fully saturated rings. The lowest BCUT2D eigenvalue weighted by atomic mass is 9.94. The highest BCUT2D eigenvalue weighted by atomic mass is 16.5. The van der Waals surface area contributed by atoms with E-state index in [1.54, 1.807) is 16.6 Å². The van der Waals surface area contributed by atoms with Crippen LogP contribution in [0.4, 0.5) is 0 Å². The molecule has 0 spiro atoms. The average Bonchev–Trinajstić information content (AvgIpc) is 4.13. The van der Waals surface area contributed by atoms with Crippen molar-refractivity contribution in [3.05, 3.63) is 54.2 Å². The Bertz CT molecular complexity index is 2270. The number of imidazole rings is 1. The third-order valence-corrected chi connectivity index (χ3v) is 11.8. The van der Waals surface area contributed by atoms with Gasteiger partial charge < -0.3 is 61.6 Å². The summed E-state index contributed by atoms with van der Waals surface area (Å²) < 4.78 is 0. The van der Waals surface area contributed by atoms with Crippen LogP contribution in [0.1, 0.15) is 103 Å². The van der Waals surface area contributed by atoms with Crippen molar-refractivity contribution in [2.45, 2.75) is 141 Å². The molecule has 0 saturated carbocycles. The first-order chi connectivity index (χ1) is 33.8. The van der Waals surface area contributed by atoms with Gasteiger partial charge in [0.1, 0.15) is 30.5 Å². The number of aromatic nitrogens is 3. The minimum atomic E-state index is -1.45. The summed E-state index contributed by atoms with van der Waals surface area (Å²) >= 11 is 0. The molecule has 1 aromatic carbocycles. The number of aliphatic hydroxyl groups excluding tert-OH is 1. The Morgan fingerprint density at radius 2 is 1.51 bits per heavy atom. The Morgan fingerprint density at radius 3 is 2.11 bits per heavy atom. The number of unbranched alkanes of at least 4 members (excludes halogenated alkanes) is 2. The number of carbonyl (C=O) groups excluding carboxylic acids is 8. The summed E-state index contributed by atoms with van der Waals surface area (Å²) in [7, 11) is 0. The molecule has 3 heterocycles. The molecule has 24 nitrogen and oxygen atoms in total. The highest BCUT2D eigenvalue weighted by Gasteiger charge is 2.37. The number of aromatic amines is 2. The van der Waals surface area contributed by atoms with Crippen molar-refractivity contribution in [3.63, 3.8) is 0 Å². The van der Waals surface area contributed by atoms with Crippen LogP contribution < -0.4 is 32.1 Å². The molecular weight excluding hydrogens is 929 g/mol. The average molecular weight is 997 g/mol. The van der Waals surface area contributed by atoms with E-state index in [1.807, 2.05) is 38.1 Å². The van der Waals surface area contributed by atoms with Crippen LogP contribution in [0.25, 0.3) is 10.9 Å². The third-order valence-electron chi connectivity index (χ3n) is 11.8. The Balaban J connectivity index is 0.000000423. The van der Waals surface area contributed by atoms with E-state index in [2.05, 4.69) is 48.5 Å². The van der Waals surface area contributed by atoms with Crippen molar-refractivity contribution in [1.29, 1.82) is 0 Å². The second-order valence-corrected chi connectivity index (χ2v) is 17.7. The van der Waals surface area contributed by atoms with Gasteiger partial charge in [-0.2, -0.15) is 0 Å². The summed E-state index contributed by atoms with van der Waals surface area (Å²) in [4.78, 5) is 134. The van der Waals surface area contributed by atoms with E-state index in [-0.39, 0.29) is 62.4 Å². The highest BCUT2D eigenvalue weighted by molar-refractivity contribution is 5.96. The van der Waals surface area contributed by atoms with Crippen LogP contribution in [-0.4, -0.2) is 149 Å². The fourth-order valence-electron chi connectivity index (χ4n) is 8.00. The lowest BCUT2D eigenvalue weighted by Crippen LogP contribution is -2.58. The number of nitrogens with one attached hydrogen (secondary N) is 8. The molecule has 0 radical (unpaired) electrons. The second kappa shape index (κ2) is 29.7. The van der Waals surface area contributed by atoms with Crippen LogP contribution in [0.5, 0.6) is 0 Å². The second-order valence-electron chi connectivity index (χ2n) is 17.7. The van der Waals surface area contributed by atoms with E-state index in [1.165, 1.54) is 19.4 Å². The van der Waals surface area contributed by atoms with E-state index in [9.17, 15) is 58.2 Å². The first kappa shape index (κ1) is 58.1. The molecule has 0 aliphatic carbocycles. The van der Waals surface area contributed by atoms with Crippen LogP contribution >= 0.6 is 0 Å². The van der Waals surface area contributed by atoms with Crippen molar-refractivity contribution < 1.29 is 68.5 Å². The van der Waals surface area contributed by atoms with E-state index < -0.39 is 90.4 Å². The van der Waals surface area contributed by atoms with Gasteiger partial charge >= 0.3 is 11.9 Å². The SMILES string of the molecule is CC(=O)N[C@@H](Cc1c[nH]c2ccccc12)C(=O)N[C@@H](CCC(=O)O)C(=O)N[C@@H](Cc1cnc[nH]1)C(=O)N[C@H](C=O)CC(=O)O.CCCCCC(CC(=O)NO)C(=O)NC(C(=O)N1CCCC1CO)C(C)C. The molecule has 7 atom stereocenters. The maximum atomic E-state index is 13.4. The Kier molecular flexibility index (Phi) is 24.3. The quantitative estimate of drug-likeness (QED) is 0.0202. The number of aliphatic hydroxyl groups is 1. The van der Waals surface area contributed by atoms with E-state index in [0.29, 0.717) is 24.2 Å². The number of carbonyl (C=O) groups is 10. The maximum Gasteiger partial charge on any atom is 0.305 e. The van der Waals surface area contributed by atoms with Crippen LogP contribution in [0.15, 0.2) is 43.0 Å². The minimum absolute atomic E-state index is 0.0458. The van der Waals surface area contributed by atoms with Gasteiger partial charge in [-0.3, -0.25) is 48.4 Å². The van der Waals surface area contributed by atoms with Gasteiger partial charge in [-0.25, -0.2) is 10.5 Å². The number of aliphatic carboxylic acids is 2. The molecule has 3 aromatic rings. The van der Waals surface area contributed by atoms with Crippen LogP contribution in [0.3, 0.4) is 0 Å². The fourth-order valence-corrected chi connectivity index (χ4v) is 8.00. The van der Waals surface area contributed by atoms with Crippen molar-refractivity contribution in [2.75, 3.05) is 13.2 Å². The molecule has 0 bridgehead atoms. The van der Waals surface area contributed by atoms with Crippen LogP contribution in [0.2, 0.25) is 0 Å². The standard InChI is InChI=1S/C28H33N7O9.C19H35N3O5/c1-15(37)32-22(8-16-11-30-20-5-3-2-4-19(16)20)28(44)34-21(6-7-24(38)39)26(42)35-23(9-17-12-29-14-31-17)27(43)33-18(13-36)10-25(40)41;1-4-5-6-8-14(11-16(24)21-27)18(25)20-17(13(2)3)19(26)22-10-7-9-15(22)12-23/h2-5,11-14,18,21-23,30H,6-10H2,1H3,(H,29,31)(H,32,37)(H,33,43)(H,34,44)(H,35,42)(H,38,39)(H,40,41);13-15,17,23,27H,4-12H2,1-3H3,(H,20,25)(H,21,24)/t18-,21-,22-,23-;/m0./s1. The number of fused-ring (bicyclic) bond motifs is 1. The minimum Gasteiger partial charge on any atom is -0.481 e. The van der Waals surface area contributed by atoms with Gasteiger partial charge in [0.05, 0.1) is 31.4 Å². The zero-order valence-corrected chi connectivity index (χ0v) is 40.4. The number of hydrogen-bond donors (Lipinski definition) is 12. The van der Waals surface area contributed by atoms with Crippen molar-refractivity contribution in [2.24, 2.45) is 11.8 Å². The lowest BCUT2D eigenvalue weighted by molar-refractivity contribution is -0.141. The zero-order valence-electron chi connectivity index (χ0n) is 40.4. The number of benzene rings is 1. The van der Waals surface area contributed by atoms with Gasteiger partial charge in [-0.15, -0.1) is 0 Å². The van der Waals surface area contributed by atoms with E-state index >= 15 is 0 Å². The van der Waals surface area contributed by atoms with Gasteiger partial charge in [-0.05, 0) is 43.2 Å². The van der Waals surface area contributed by atoms with E-state index in [4.69, 9.17) is 10.3 Å². The summed E-state index contributed by atoms with van der Waals surface area (Å²) in [5, 5.41) is 49.9. The molecule has 12 N–H and O–H groups in total. The molecule has 3 unspecified atom stereocenters. The normalized spacial score (nSPS) is 15.6. The predicted molar refractivity (Wildman–Crippen MR) is 254 cm³/mol. The number of carboxylic acids is 2. The number of likely N-dealkylation sites (tertiary alicyclic amines) is 1. The molecule has 1 saturated heterocycles. The topological polar surface area (TPSA) is 372 Å². The fraction of sp³-hybridized carbons (Fsp3) is 0.553. The van der Waals surface area contributed by atoms with Crippen molar-refractivity contribution >= 4 is 70.5 Å². The number of aldehydes is 1. The van der Waals surface area contributed by atoms with E-state index in [0.717, 1.165) is 43.0 Å². The largest absolute Gasteiger partial charge is 0.481 e. The Labute approximate surface area is 410 Å². The number of H-pyrrole nitrogens is 2. The van der Waals surface area contributed by atoms with Gasteiger partial charge in [0, 0.05) is 74.1 Å². The summed E-state index contributed by atoms with van der Waals surface area (Å²) in [6.45, 7) is 7.49. The van der Waals surface area contributed by atoms with Gasteiger partial charge in [-0.1, -0.05) is 58.2 Å². The monoisotopic (exact) mass is 996 g/mol. The van der Waals surface area contributed by atoms with Crippen LogP contribution in [0, 0.1) is 11.8 Å². The maximum absolute atomic E-state index is 13.4. The summed E-state index contributed by atoms with van der Waals surface area (Å²) in [5.74, 6) is -7.55. The summed E-state index contributed by atoms with van der Waals surface area (Å²) in [5.41, 5.74) is 3.50. The van der Waals surface area contributed by atoms with Crippen molar-refractivity contribution in [1.82, 2.24) is 51.9 Å². The van der Waals surface area contributed by atoms with Gasteiger partial charge in [0.15, 0.2) is 0 Å². The zero-order chi connectivity index (χ0) is 52.6. The number of para-hydroxylation sites is 1. The van der Waals surface area contributed by atoms with Crippen molar-refractivity contribution in [3.8, 4) is 0 Å². The molecule has 1 aliphatic rings. The number of hydroxylamine groups is 1. The Morgan fingerprint density at radius 1 is 0.831 bits per heavy atom. The van der Waals surface area contributed by atoms with Gasteiger partial charge in [0.25, 0.3) is 0 Å². The van der Waals surface area contributed by atoms with Gasteiger partial charge in [0.2, 0.25) is 41.4 Å².